The first-order valence-corrected chi connectivity index (χ1v) is 5.40. The van der Waals surface area contributed by atoms with Crippen LogP contribution >= 0.6 is 0 Å². The fourth-order valence-corrected chi connectivity index (χ4v) is 1.59. The summed E-state index contributed by atoms with van der Waals surface area (Å²) in [5.41, 5.74) is 7.54. The summed E-state index contributed by atoms with van der Waals surface area (Å²) in [6, 6.07) is 5.78. The number of nitrogens with zero attached hydrogens (tertiary/aromatic N) is 2. The molecule has 0 amide bonds. The highest BCUT2D eigenvalue weighted by Gasteiger charge is 2.07. The molecule has 2 rings (SSSR count). The molecule has 5 nitrogen and oxygen atoms in total. The first-order chi connectivity index (χ1) is 7.83. The van der Waals surface area contributed by atoms with E-state index in [-0.39, 0.29) is 6.61 Å². The highest BCUT2D eigenvalue weighted by atomic mass is 16.2. The van der Waals surface area contributed by atoms with E-state index >= 15 is 0 Å². The van der Waals surface area contributed by atoms with Crippen LogP contribution in [0.4, 0.5) is 11.5 Å². The van der Waals surface area contributed by atoms with Crippen molar-refractivity contribution in [1.82, 2.24) is 9.61 Å². The second-order valence-corrected chi connectivity index (χ2v) is 3.65. The predicted octanol–water partition coefficient (Wildman–Crippen LogP) is 1.10. The van der Waals surface area contributed by atoms with Crippen LogP contribution < -0.4 is 11.1 Å². The summed E-state index contributed by atoms with van der Waals surface area (Å²) in [6.45, 7) is 0.997. The molecule has 16 heavy (non-hydrogen) atoms. The maximum atomic E-state index is 8.66. The van der Waals surface area contributed by atoms with E-state index in [9.17, 15) is 0 Å². The van der Waals surface area contributed by atoms with Gasteiger partial charge in [0.1, 0.15) is 5.69 Å². The van der Waals surface area contributed by atoms with Crippen LogP contribution in [0.15, 0.2) is 24.4 Å². The van der Waals surface area contributed by atoms with Crippen molar-refractivity contribution in [3.8, 4) is 0 Å². The van der Waals surface area contributed by atoms with Gasteiger partial charge < -0.3 is 16.2 Å². The lowest BCUT2D eigenvalue weighted by Crippen LogP contribution is -2.04. The zero-order chi connectivity index (χ0) is 11.4. The second-order valence-electron chi connectivity index (χ2n) is 3.65. The Morgan fingerprint density at radius 1 is 1.38 bits per heavy atom. The number of hydrogen-bond donors (Lipinski definition) is 3. The van der Waals surface area contributed by atoms with Crippen molar-refractivity contribution in [3.05, 3.63) is 24.4 Å². The minimum Gasteiger partial charge on any atom is -0.396 e. The Bertz CT molecular complexity index is 466. The summed E-state index contributed by atoms with van der Waals surface area (Å²) in [6.07, 6.45) is 3.56. The van der Waals surface area contributed by atoms with Crippen molar-refractivity contribution in [2.75, 3.05) is 24.2 Å². The third kappa shape index (κ3) is 2.09. The van der Waals surface area contributed by atoms with E-state index in [4.69, 9.17) is 10.8 Å². The highest BCUT2D eigenvalue weighted by molar-refractivity contribution is 5.80. The van der Waals surface area contributed by atoms with E-state index in [0.29, 0.717) is 11.5 Å². The van der Waals surface area contributed by atoms with Gasteiger partial charge in [0.15, 0.2) is 5.82 Å². The van der Waals surface area contributed by atoms with E-state index in [1.54, 1.807) is 4.52 Å². The number of nitrogens with one attached hydrogen (secondary N) is 1. The predicted molar refractivity (Wildman–Crippen MR) is 64.4 cm³/mol. The molecule has 0 atom stereocenters. The Labute approximate surface area is 93.9 Å². The van der Waals surface area contributed by atoms with Crippen molar-refractivity contribution in [3.63, 3.8) is 0 Å². The Hall–Kier alpha value is -1.75. The lowest BCUT2D eigenvalue weighted by Gasteiger charge is -2.01. The van der Waals surface area contributed by atoms with Crippen molar-refractivity contribution < 1.29 is 5.11 Å². The van der Waals surface area contributed by atoms with Crippen LogP contribution in [0.5, 0.6) is 0 Å². The van der Waals surface area contributed by atoms with Gasteiger partial charge in [0.2, 0.25) is 0 Å². The monoisotopic (exact) mass is 220 g/mol. The summed E-state index contributed by atoms with van der Waals surface area (Å²) in [5, 5.41) is 16.2. The fraction of sp³-hybridized carbons (Fsp3) is 0.364. The Kier molecular flexibility index (Phi) is 3.26. The molecule has 0 radical (unpaired) electrons. The normalized spacial score (nSPS) is 10.8. The van der Waals surface area contributed by atoms with Gasteiger partial charge in [-0.25, -0.2) is 4.52 Å². The number of nitrogen functional groups attached to an aromatic ring is 1. The second kappa shape index (κ2) is 4.85. The molecular weight excluding hydrogens is 204 g/mol. The topological polar surface area (TPSA) is 75.6 Å². The lowest BCUT2D eigenvalue weighted by molar-refractivity contribution is 0.286. The number of hydrogen-bond acceptors (Lipinski definition) is 4. The quantitative estimate of drug-likeness (QED) is 0.659. The number of aliphatic hydroxyl groups is 1. The molecule has 86 valence electrons. The zero-order valence-corrected chi connectivity index (χ0v) is 9.06. The molecule has 2 heterocycles. The SMILES string of the molecule is Nc1c(NCCCCO)nn2ccccc12. The highest BCUT2D eigenvalue weighted by Crippen LogP contribution is 2.22. The van der Waals surface area contributed by atoms with Gasteiger partial charge in [0, 0.05) is 19.3 Å². The van der Waals surface area contributed by atoms with Crippen LogP contribution in [0.2, 0.25) is 0 Å². The maximum Gasteiger partial charge on any atom is 0.172 e. The number of pyridine rings is 1. The largest absolute Gasteiger partial charge is 0.396 e. The van der Waals surface area contributed by atoms with Gasteiger partial charge in [-0.05, 0) is 25.0 Å². The molecule has 0 aliphatic carbocycles. The van der Waals surface area contributed by atoms with Gasteiger partial charge >= 0.3 is 0 Å². The van der Waals surface area contributed by atoms with Gasteiger partial charge in [-0.1, -0.05) is 6.07 Å². The molecule has 0 saturated carbocycles. The molecule has 2 aromatic rings. The molecule has 0 aliphatic heterocycles. The molecular formula is C11H16N4O. The Balaban J connectivity index is 2.09. The fourth-order valence-electron chi connectivity index (χ4n) is 1.59. The van der Waals surface area contributed by atoms with Crippen LogP contribution in [0.1, 0.15) is 12.8 Å². The van der Waals surface area contributed by atoms with Crippen molar-refractivity contribution in [2.45, 2.75) is 12.8 Å². The number of rotatable bonds is 5. The molecule has 2 aromatic heterocycles. The van der Waals surface area contributed by atoms with E-state index in [2.05, 4.69) is 10.4 Å². The minimum atomic E-state index is 0.225. The summed E-state index contributed by atoms with van der Waals surface area (Å²) < 4.78 is 1.75. The molecule has 5 heteroatoms. The number of nitrogens with two attached hydrogens (primary N) is 1. The Morgan fingerprint density at radius 3 is 3.00 bits per heavy atom. The molecule has 0 aliphatic rings. The molecule has 0 unspecified atom stereocenters. The third-order valence-corrected chi connectivity index (χ3v) is 2.46. The number of anilines is 2. The van der Waals surface area contributed by atoms with Crippen molar-refractivity contribution in [1.29, 1.82) is 0 Å². The average molecular weight is 220 g/mol. The summed E-state index contributed by atoms with van der Waals surface area (Å²) in [5.74, 6) is 0.712. The van der Waals surface area contributed by atoms with Gasteiger partial charge in [-0.15, -0.1) is 5.10 Å². The van der Waals surface area contributed by atoms with Crippen LogP contribution in [-0.2, 0) is 0 Å². The molecule has 0 saturated heterocycles. The van der Waals surface area contributed by atoms with E-state index < -0.39 is 0 Å². The zero-order valence-electron chi connectivity index (χ0n) is 9.06. The van der Waals surface area contributed by atoms with Crippen LogP contribution in [-0.4, -0.2) is 27.9 Å². The minimum absolute atomic E-state index is 0.225. The maximum absolute atomic E-state index is 8.66. The first kappa shape index (κ1) is 10.8. The van der Waals surface area contributed by atoms with E-state index in [1.807, 2.05) is 24.4 Å². The Morgan fingerprint density at radius 2 is 2.25 bits per heavy atom. The molecule has 0 bridgehead atoms. The van der Waals surface area contributed by atoms with Gasteiger partial charge in [0.25, 0.3) is 0 Å². The molecule has 0 fully saturated rings. The van der Waals surface area contributed by atoms with Crippen LogP contribution in [0.3, 0.4) is 0 Å². The molecule has 0 aromatic carbocycles. The molecule has 0 spiro atoms. The summed E-state index contributed by atoms with van der Waals surface area (Å²) in [4.78, 5) is 0. The average Bonchev–Trinajstić information content (AvgIpc) is 2.63. The third-order valence-electron chi connectivity index (χ3n) is 2.46. The van der Waals surface area contributed by atoms with Crippen molar-refractivity contribution in [2.24, 2.45) is 0 Å². The lowest BCUT2D eigenvalue weighted by atomic mass is 10.3. The molecule has 4 N–H and O–H groups in total. The first-order valence-electron chi connectivity index (χ1n) is 5.40. The smallest absolute Gasteiger partial charge is 0.172 e. The summed E-state index contributed by atoms with van der Waals surface area (Å²) in [7, 11) is 0. The van der Waals surface area contributed by atoms with Crippen LogP contribution in [0.25, 0.3) is 5.52 Å². The summed E-state index contributed by atoms with van der Waals surface area (Å²) >= 11 is 0. The number of fused-ring (bicyclic) bond motifs is 1. The van der Waals surface area contributed by atoms with E-state index in [0.717, 1.165) is 24.9 Å². The van der Waals surface area contributed by atoms with E-state index in [1.165, 1.54) is 0 Å². The van der Waals surface area contributed by atoms with Crippen LogP contribution in [0, 0.1) is 0 Å². The number of aliphatic hydroxyl groups excluding tert-OH is 1. The number of unbranched alkanes of at least 4 members (excludes halogenated alkanes) is 1. The number of aromatic nitrogens is 2. The van der Waals surface area contributed by atoms with Gasteiger partial charge in [-0.3, -0.25) is 0 Å². The van der Waals surface area contributed by atoms with Gasteiger partial charge in [0.05, 0.1) is 5.52 Å². The standard InChI is InChI=1S/C11H16N4O/c12-10-9-5-1-3-7-15(9)14-11(10)13-6-2-4-8-16/h1,3,5,7,16H,2,4,6,8,12H2,(H,13,14). The van der Waals surface area contributed by atoms with Crippen molar-refractivity contribution >= 4 is 17.0 Å². The van der Waals surface area contributed by atoms with Gasteiger partial charge in [-0.2, -0.15) is 0 Å².